The Morgan fingerprint density at radius 3 is 1.76 bits per heavy atom. The van der Waals surface area contributed by atoms with Crippen molar-refractivity contribution in [2.24, 2.45) is 29.6 Å². The lowest BCUT2D eigenvalue weighted by atomic mass is 9.65. The quantitative estimate of drug-likeness (QED) is 0.255. The van der Waals surface area contributed by atoms with Crippen molar-refractivity contribution in [3.63, 3.8) is 0 Å². The Hall–Kier alpha value is -1.11. The molecule has 1 heteroatoms. The Balaban J connectivity index is 1.14. The Labute approximate surface area is 205 Å². The van der Waals surface area contributed by atoms with Gasteiger partial charge in [0.15, 0.2) is 0 Å². The van der Waals surface area contributed by atoms with Crippen LogP contribution in [0.3, 0.4) is 0 Å². The molecule has 0 aliphatic heterocycles. The van der Waals surface area contributed by atoms with Crippen molar-refractivity contribution in [2.75, 3.05) is 6.61 Å². The third-order valence-corrected chi connectivity index (χ3v) is 9.66. The first-order chi connectivity index (χ1) is 16.2. The summed E-state index contributed by atoms with van der Waals surface area (Å²) in [6.07, 6.45) is 24.7. The number of rotatable bonds is 10. The van der Waals surface area contributed by atoms with Gasteiger partial charge in [0.2, 0.25) is 0 Å². The van der Waals surface area contributed by atoms with Crippen LogP contribution in [0.15, 0.2) is 24.3 Å². The minimum absolute atomic E-state index is 0.773. The number of unbranched alkanes of at least 4 members (excludes halogenated alkanes) is 4. The molecular formula is C32H50O. The fourth-order valence-corrected chi connectivity index (χ4v) is 7.36. The van der Waals surface area contributed by atoms with Crippen LogP contribution in [0.2, 0.25) is 0 Å². The average Bonchev–Trinajstić information content (AvgIpc) is 2.87. The minimum atomic E-state index is 0.773. The molecule has 0 radical (unpaired) electrons. The molecule has 33 heavy (non-hydrogen) atoms. The summed E-state index contributed by atoms with van der Waals surface area (Å²) in [4.78, 5) is 0. The van der Waals surface area contributed by atoms with E-state index in [0.717, 1.165) is 60.7 Å². The molecule has 3 saturated carbocycles. The van der Waals surface area contributed by atoms with Gasteiger partial charge in [-0.3, -0.25) is 0 Å². The van der Waals surface area contributed by atoms with Gasteiger partial charge in [-0.05, 0) is 124 Å². The number of benzene rings is 1. The van der Waals surface area contributed by atoms with Crippen molar-refractivity contribution < 1.29 is 4.74 Å². The molecule has 1 aromatic carbocycles. The molecule has 0 bridgehead atoms. The molecule has 0 aromatic heterocycles. The molecule has 1 nitrogen and oxygen atoms in total. The highest BCUT2D eigenvalue weighted by molar-refractivity contribution is 5.29. The third kappa shape index (κ3) is 7.43. The van der Waals surface area contributed by atoms with E-state index < -0.39 is 0 Å². The molecule has 0 unspecified atom stereocenters. The summed E-state index contributed by atoms with van der Waals surface area (Å²) in [5.74, 6) is 6.99. The number of hydrogen-bond donors (Lipinski definition) is 0. The second kappa shape index (κ2) is 13.1. The topological polar surface area (TPSA) is 9.23 Å². The number of hydrogen-bond acceptors (Lipinski definition) is 1. The summed E-state index contributed by atoms with van der Waals surface area (Å²) in [6, 6.07) is 9.10. The van der Waals surface area contributed by atoms with Crippen LogP contribution < -0.4 is 4.74 Å². The van der Waals surface area contributed by atoms with Crippen molar-refractivity contribution >= 4 is 0 Å². The van der Waals surface area contributed by atoms with Gasteiger partial charge in [-0.1, -0.05) is 51.7 Å². The van der Waals surface area contributed by atoms with E-state index in [0.29, 0.717) is 0 Å². The van der Waals surface area contributed by atoms with E-state index in [1.165, 1.54) is 77.0 Å². The van der Waals surface area contributed by atoms with Crippen molar-refractivity contribution in [3.05, 3.63) is 43.2 Å². The summed E-state index contributed by atoms with van der Waals surface area (Å²) in [5, 5.41) is 0. The van der Waals surface area contributed by atoms with E-state index >= 15 is 0 Å². The summed E-state index contributed by atoms with van der Waals surface area (Å²) in [5.41, 5.74) is 1.54. The zero-order valence-corrected chi connectivity index (χ0v) is 21.5. The molecule has 4 rings (SSSR count). The SMILES string of the molecule is [CH2+][CH-]CCCCCOc1ccc(C2CCC(C3CCC(C4CCC(C)CC4)CC3)CC2)cc1. The molecule has 1 aromatic rings. The fourth-order valence-electron chi connectivity index (χ4n) is 7.36. The van der Waals surface area contributed by atoms with Crippen LogP contribution in [0.25, 0.3) is 0 Å². The summed E-state index contributed by atoms with van der Waals surface area (Å²) < 4.78 is 5.96. The van der Waals surface area contributed by atoms with Gasteiger partial charge in [-0.2, -0.15) is 0 Å². The maximum Gasteiger partial charge on any atom is 0.119 e. The first-order valence-corrected chi connectivity index (χ1v) is 14.6. The zero-order chi connectivity index (χ0) is 22.9. The van der Waals surface area contributed by atoms with Gasteiger partial charge >= 0.3 is 0 Å². The van der Waals surface area contributed by atoms with Crippen LogP contribution in [-0.4, -0.2) is 6.61 Å². The van der Waals surface area contributed by atoms with Crippen LogP contribution in [0.5, 0.6) is 5.75 Å². The highest BCUT2D eigenvalue weighted by atomic mass is 16.5. The monoisotopic (exact) mass is 450 g/mol. The third-order valence-electron chi connectivity index (χ3n) is 9.66. The molecule has 0 saturated heterocycles. The van der Waals surface area contributed by atoms with E-state index in [1.54, 1.807) is 18.4 Å². The maximum atomic E-state index is 5.96. The second-order valence-corrected chi connectivity index (χ2v) is 11.9. The van der Waals surface area contributed by atoms with Crippen molar-refractivity contribution in [1.29, 1.82) is 0 Å². The summed E-state index contributed by atoms with van der Waals surface area (Å²) >= 11 is 0. The van der Waals surface area contributed by atoms with Crippen molar-refractivity contribution in [3.8, 4) is 5.75 Å². The van der Waals surface area contributed by atoms with E-state index in [1.807, 2.05) is 6.42 Å². The van der Waals surface area contributed by atoms with Crippen LogP contribution in [0, 0.1) is 42.9 Å². The van der Waals surface area contributed by atoms with Gasteiger partial charge in [0.1, 0.15) is 5.75 Å². The molecule has 0 spiro atoms. The minimum Gasteiger partial charge on any atom is -0.494 e. The Morgan fingerprint density at radius 1 is 0.697 bits per heavy atom. The predicted molar refractivity (Wildman–Crippen MR) is 141 cm³/mol. The lowest BCUT2D eigenvalue weighted by Gasteiger charge is -2.41. The summed E-state index contributed by atoms with van der Waals surface area (Å²) in [7, 11) is 0. The predicted octanol–water partition coefficient (Wildman–Crippen LogP) is 9.57. The highest BCUT2D eigenvalue weighted by Crippen LogP contribution is 2.47. The zero-order valence-electron chi connectivity index (χ0n) is 21.5. The van der Waals surface area contributed by atoms with Crippen molar-refractivity contribution in [1.82, 2.24) is 0 Å². The maximum absolute atomic E-state index is 5.96. The van der Waals surface area contributed by atoms with Gasteiger partial charge < -0.3 is 4.74 Å². The average molecular weight is 451 g/mol. The van der Waals surface area contributed by atoms with Gasteiger partial charge in [0, 0.05) is 0 Å². The Bertz CT molecular complexity index is 640. The highest BCUT2D eigenvalue weighted by Gasteiger charge is 2.34. The Kier molecular flexibility index (Phi) is 9.93. The van der Waals surface area contributed by atoms with Crippen LogP contribution in [0.4, 0.5) is 0 Å². The molecular weight excluding hydrogens is 400 g/mol. The largest absolute Gasteiger partial charge is 0.494 e. The molecule has 0 atom stereocenters. The standard InChI is InChI=1S/C32H50O/c1-3-4-5-6-7-24-33-32-22-20-31(21-23-32)30-18-16-29(17-19-30)28-14-12-27(13-15-28)26-10-8-25(2)9-11-26/h3,20-23,25-30H,1,4-19,24H2,2H3. The van der Waals surface area contributed by atoms with E-state index in [9.17, 15) is 0 Å². The molecule has 0 heterocycles. The first-order valence-electron chi connectivity index (χ1n) is 14.6. The normalized spacial score (nSPS) is 33.0. The van der Waals surface area contributed by atoms with Gasteiger partial charge in [-0.25, -0.2) is 0 Å². The van der Waals surface area contributed by atoms with Crippen molar-refractivity contribution in [2.45, 2.75) is 116 Å². The lowest BCUT2D eigenvalue weighted by Crippen LogP contribution is -2.29. The van der Waals surface area contributed by atoms with Gasteiger partial charge in [-0.15, -0.1) is 12.8 Å². The van der Waals surface area contributed by atoms with Crippen LogP contribution in [-0.2, 0) is 0 Å². The second-order valence-electron chi connectivity index (χ2n) is 11.9. The number of ether oxygens (including phenoxy) is 1. The smallest absolute Gasteiger partial charge is 0.119 e. The molecule has 0 N–H and O–H groups in total. The first kappa shape index (κ1) is 25.0. The van der Waals surface area contributed by atoms with E-state index in [2.05, 4.69) is 38.1 Å². The Morgan fingerprint density at radius 2 is 1.21 bits per heavy atom. The van der Waals surface area contributed by atoms with E-state index in [-0.39, 0.29) is 0 Å². The van der Waals surface area contributed by atoms with Crippen LogP contribution >= 0.6 is 0 Å². The fraction of sp³-hybridized carbons (Fsp3) is 0.750. The van der Waals surface area contributed by atoms with E-state index in [4.69, 9.17) is 4.74 Å². The van der Waals surface area contributed by atoms with Gasteiger partial charge in [0.05, 0.1) is 6.61 Å². The molecule has 184 valence electrons. The van der Waals surface area contributed by atoms with Gasteiger partial charge in [0.25, 0.3) is 0 Å². The molecule has 3 aliphatic rings. The lowest BCUT2D eigenvalue weighted by molar-refractivity contribution is 0.112. The van der Waals surface area contributed by atoms with Crippen LogP contribution in [0.1, 0.15) is 121 Å². The molecule has 3 aliphatic carbocycles. The summed E-state index contributed by atoms with van der Waals surface area (Å²) in [6.45, 7) is 7.08. The molecule has 3 fully saturated rings. The molecule has 0 amide bonds.